The molecule has 1 aromatic carbocycles. The lowest BCUT2D eigenvalue weighted by Gasteiger charge is -2.15. The van der Waals surface area contributed by atoms with Gasteiger partial charge >= 0.3 is 0 Å². The van der Waals surface area contributed by atoms with Gasteiger partial charge in [-0.3, -0.25) is 10.1 Å². The summed E-state index contributed by atoms with van der Waals surface area (Å²) in [6.45, 7) is 7.55. The number of benzene rings is 1. The fourth-order valence-electron chi connectivity index (χ4n) is 1.86. The predicted octanol–water partition coefficient (Wildman–Crippen LogP) is 2.41. The molecule has 0 radical (unpaired) electrons. The lowest BCUT2D eigenvalue weighted by Crippen LogP contribution is -2.32. The average Bonchev–Trinajstić information content (AvgIpc) is 2.37. The summed E-state index contributed by atoms with van der Waals surface area (Å²) in [4.78, 5) is 10.5. The first kappa shape index (κ1) is 17.4. The van der Waals surface area contributed by atoms with Crippen LogP contribution in [0.25, 0.3) is 0 Å². The molecular formula is C13H21N3O4S. The van der Waals surface area contributed by atoms with Gasteiger partial charge in [-0.15, -0.1) is 0 Å². The number of aryl methyl sites for hydroxylation is 1. The Morgan fingerprint density at radius 1 is 1.33 bits per heavy atom. The first-order valence-electron chi connectivity index (χ1n) is 6.78. The van der Waals surface area contributed by atoms with Gasteiger partial charge < -0.3 is 5.32 Å². The van der Waals surface area contributed by atoms with Gasteiger partial charge in [0.1, 0.15) is 5.69 Å². The second-order valence-corrected chi connectivity index (χ2v) is 6.54. The number of hydrogen-bond donors (Lipinski definition) is 2. The molecular weight excluding hydrogens is 294 g/mol. The van der Waals surface area contributed by atoms with Gasteiger partial charge in [0.25, 0.3) is 5.69 Å². The van der Waals surface area contributed by atoms with E-state index in [4.69, 9.17) is 0 Å². The van der Waals surface area contributed by atoms with Crippen LogP contribution in [0.2, 0.25) is 0 Å². The van der Waals surface area contributed by atoms with Crippen molar-refractivity contribution in [2.45, 2.75) is 45.1 Å². The Kier molecular flexibility index (Phi) is 5.68. The monoisotopic (exact) mass is 315 g/mol. The molecule has 0 saturated carbocycles. The van der Waals surface area contributed by atoms with Crippen LogP contribution in [0.1, 0.15) is 32.8 Å². The number of sulfonamides is 1. The summed E-state index contributed by atoms with van der Waals surface area (Å²) in [6.07, 6.45) is 0.635. The van der Waals surface area contributed by atoms with Gasteiger partial charge in [0.15, 0.2) is 0 Å². The Labute approximate surface area is 124 Å². The predicted molar refractivity (Wildman–Crippen MR) is 82.1 cm³/mol. The van der Waals surface area contributed by atoms with Crippen LogP contribution in [0.4, 0.5) is 11.4 Å². The number of nitro groups is 1. The van der Waals surface area contributed by atoms with Crippen molar-refractivity contribution in [1.29, 1.82) is 0 Å². The van der Waals surface area contributed by atoms with E-state index >= 15 is 0 Å². The summed E-state index contributed by atoms with van der Waals surface area (Å²) in [5.41, 5.74) is 0.543. The standard InChI is InChI=1S/C13H21N3O4S/c1-5-10(4)15-21(19,20)13-8-12(16(17)18)11(14-6-2)7-9(13)3/h7-8,10,14-15H,5-6H2,1-4H3. The zero-order chi connectivity index (χ0) is 16.2. The molecule has 8 heteroatoms. The third-order valence-electron chi connectivity index (χ3n) is 3.12. The quantitative estimate of drug-likeness (QED) is 0.594. The summed E-state index contributed by atoms with van der Waals surface area (Å²) >= 11 is 0. The van der Waals surface area contributed by atoms with Gasteiger partial charge in [-0.05, 0) is 38.8 Å². The summed E-state index contributed by atoms with van der Waals surface area (Å²) in [7, 11) is -3.77. The second-order valence-electron chi connectivity index (χ2n) is 4.85. The zero-order valence-corrected chi connectivity index (χ0v) is 13.5. The minimum atomic E-state index is -3.77. The van der Waals surface area contributed by atoms with Crippen LogP contribution in [0.5, 0.6) is 0 Å². The smallest absolute Gasteiger partial charge is 0.293 e. The van der Waals surface area contributed by atoms with E-state index in [1.807, 2.05) is 13.8 Å². The fourth-order valence-corrected chi connectivity index (χ4v) is 3.43. The molecule has 0 aliphatic carbocycles. The third kappa shape index (κ3) is 4.15. The lowest BCUT2D eigenvalue weighted by molar-refractivity contribution is -0.384. The van der Waals surface area contributed by atoms with Crippen LogP contribution in [-0.2, 0) is 10.0 Å². The van der Waals surface area contributed by atoms with Gasteiger partial charge in [0.05, 0.1) is 9.82 Å². The topological polar surface area (TPSA) is 101 Å². The van der Waals surface area contributed by atoms with Crippen molar-refractivity contribution in [2.75, 3.05) is 11.9 Å². The minimum Gasteiger partial charge on any atom is -0.380 e. The molecule has 7 nitrogen and oxygen atoms in total. The number of rotatable bonds is 7. The third-order valence-corrected chi connectivity index (χ3v) is 4.85. The van der Waals surface area contributed by atoms with Crippen molar-refractivity contribution >= 4 is 21.4 Å². The average molecular weight is 315 g/mol. The molecule has 0 bridgehead atoms. The summed E-state index contributed by atoms with van der Waals surface area (Å²) in [5.74, 6) is 0. The van der Waals surface area contributed by atoms with Gasteiger partial charge in [0, 0.05) is 18.7 Å². The van der Waals surface area contributed by atoms with E-state index in [-0.39, 0.29) is 16.6 Å². The van der Waals surface area contributed by atoms with Crippen molar-refractivity contribution in [1.82, 2.24) is 4.72 Å². The maximum absolute atomic E-state index is 12.3. The highest BCUT2D eigenvalue weighted by Gasteiger charge is 2.24. The largest absolute Gasteiger partial charge is 0.380 e. The van der Waals surface area contributed by atoms with Crippen molar-refractivity contribution < 1.29 is 13.3 Å². The zero-order valence-electron chi connectivity index (χ0n) is 12.6. The van der Waals surface area contributed by atoms with E-state index < -0.39 is 14.9 Å². The molecule has 0 aliphatic heterocycles. The Balaban J connectivity index is 3.37. The van der Waals surface area contributed by atoms with Crippen molar-refractivity contribution in [3.8, 4) is 0 Å². The normalized spacial score (nSPS) is 13.0. The molecule has 0 amide bonds. The van der Waals surface area contributed by atoms with Crippen LogP contribution in [0.3, 0.4) is 0 Å². The molecule has 1 rings (SSSR count). The van der Waals surface area contributed by atoms with Gasteiger partial charge in [-0.1, -0.05) is 6.92 Å². The first-order valence-corrected chi connectivity index (χ1v) is 8.26. The Bertz CT molecular complexity index is 629. The van der Waals surface area contributed by atoms with Crippen molar-refractivity contribution in [3.63, 3.8) is 0 Å². The van der Waals surface area contributed by atoms with Gasteiger partial charge in [-0.2, -0.15) is 0 Å². The molecule has 0 aliphatic rings. The van der Waals surface area contributed by atoms with Crippen molar-refractivity contribution in [2.24, 2.45) is 0 Å². The molecule has 1 aromatic rings. The Morgan fingerprint density at radius 3 is 2.43 bits per heavy atom. The fraction of sp³-hybridized carbons (Fsp3) is 0.538. The lowest BCUT2D eigenvalue weighted by atomic mass is 10.2. The molecule has 21 heavy (non-hydrogen) atoms. The van der Waals surface area contributed by atoms with E-state index in [1.165, 1.54) is 6.07 Å². The number of anilines is 1. The van der Waals surface area contributed by atoms with Gasteiger partial charge in [0.2, 0.25) is 10.0 Å². The van der Waals surface area contributed by atoms with E-state index in [1.54, 1.807) is 13.8 Å². The molecule has 0 saturated heterocycles. The van der Waals surface area contributed by atoms with Crippen LogP contribution < -0.4 is 10.0 Å². The number of nitro benzene ring substituents is 1. The molecule has 0 fully saturated rings. The highest BCUT2D eigenvalue weighted by atomic mass is 32.2. The molecule has 1 unspecified atom stereocenters. The van der Waals surface area contributed by atoms with Crippen molar-refractivity contribution in [3.05, 3.63) is 27.8 Å². The first-order chi connectivity index (χ1) is 9.72. The molecule has 0 spiro atoms. The minimum absolute atomic E-state index is 0.0591. The number of nitrogens with zero attached hydrogens (tertiary/aromatic N) is 1. The van der Waals surface area contributed by atoms with Crippen LogP contribution in [-0.4, -0.2) is 25.9 Å². The molecule has 0 aromatic heterocycles. The van der Waals surface area contributed by atoms with E-state index in [0.29, 0.717) is 24.2 Å². The highest BCUT2D eigenvalue weighted by molar-refractivity contribution is 7.89. The Hall–Kier alpha value is -1.67. The van der Waals surface area contributed by atoms with E-state index in [2.05, 4.69) is 10.0 Å². The summed E-state index contributed by atoms with van der Waals surface area (Å²) in [5, 5.41) is 14.0. The molecule has 1 atom stereocenters. The number of hydrogen-bond acceptors (Lipinski definition) is 5. The summed E-state index contributed by atoms with van der Waals surface area (Å²) < 4.78 is 27.1. The highest BCUT2D eigenvalue weighted by Crippen LogP contribution is 2.30. The Morgan fingerprint density at radius 2 is 1.95 bits per heavy atom. The number of nitrogens with one attached hydrogen (secondary N) is 2. The van der Waals surface area contributed by atoms with E-state index in [9.17, 15) is 18.5 Å². The molecule has 0 heterocycles. The maximum Gasteiger partial charge on any atom is 0.293 e. The van der Waals surface area contributed by atoms with Crippen LogP contribution >= 0.6 is 0 Å². The second kappa shape index (κ2) is 6.86. The van der Waals surface area contributed by atoms with Crippen LogP contribution in [0.15, 0.2) is 17.0 Å². The molecule has 2 N–H and O–H groups in total. The van der Waals surface area contributed by atoms with Crippen LogP contribution in [0, 0.1) is 17.0 Å². The summed E-state index contributed by atoms with van der Waals surface area (Å²) in [6, 6.07) is 2.37. The van der Waals surface area contributed by atoms with E-state index in [0.717, 1.165) is 6.07 Å². The van der Waals surface area contributed by atoms with Gasteiger partial charge in [-0.25, -0.2) is 13.1 Å². The molecule has 118 valence electrons. The maximum atomic E-state index is 12.3. The SMILES string of the molecule is CCNc1cc(C)c(S(=O)(=O)NC(C)CC)cc1[N+](=O)[O-].